The van der Waals surface area contributed by atoms with Gasteiger partial charge in [0.15, 0.2) is 4.80 Å². The summed E-state index contributed by atoms with van der Waals surface area (Å²) in [6, 6.07) is 25.5. The van der Waals surface area contributed by atoms with Crippen molar-refractivity contribution in [3.63, 3.8) is 0 Å². The van der Waals surface area contributed by atoms with Crippen LogP contribution >= 0.6 is 11.3 Å². The fraction of sp³-hybridized carbons (Fsp3) is 0.143. The maximum Gasteiger partial charge on any atom is 0.339 e. The van der Waals surface area contributed by atoms with Crippen molar-refractivity contribution >= 4 is 38.9 Å². The molecule has 236 valence electrons. The zero-order valence-corrected chi connectivity index (χ0v) is 26.9. The highest BCUT2D eigenvalue weighted by molar-refractivity contribution is 7.87. The van der Waals surface area contributed by atoms with Crippen molar-refractivity contribution in [2.24, 2.45) is 4.99 Å². The summed E-state index contributed by atoms with van der Waals surface area (Å²) in [4.78, 5) is 30.0. The van der Waals surface area contributed by atoms with Crippen LogP contribution in [-0.2, 0) is 16.5 Å². The standard InChI is InChI=1S/C35H27N3O7S2/c1-21-7-17-27(20-30(21)38(40)41)47(42,43)45-26-13-8-22(9-14-26)19-31-34(39)37-33(24-10-15-25(44-2)16-11-24)29-18-12-23-5-3-4-6-28(23)32(29)36-35(37)46-31/h3-11,13-17,19-20,33H,12,18H2,1-2H3/b31-19-/t33-/m1/s1. The monoisotopic (exact) mass is 665 g/mol. The van der Waals surface area contributed by atoms with Crippen molar-refractivity contribution in [3.8, 4) is 11.5 Å². The van der Waals surface area contributed by atoms with E-state index in [0.717, 1.165) is 47.1 Å². The van der Waals surface area contributed by atoms with Gasteiger partial charge < -0.3 is 8.92 Å². The number of hydrogen-bond acceptors (Lipinski definition) is 9. The van der Waals surface area contributed by atoms with E-state index >= 15 is 0 Å². The molecule has 2 aliphatic rings. The zero-order chi connectivity index (χ0) is 32.9. The predicted octanol–water partition coefficient (Wildman–Crippen LogP) is 5.31. The van der Waals surface area contributed by atoms with Gasteiger partial charge in [0.05, 0.1) is 28.3 Å². The van der Waals surface area contributed by atoms with Crippen LogP contribution in [0.3, 0.4) is 0 Å². The Kier molecular flexibility index (Phi) is 7.61. The van der Waals surface area contributed by atoms with Gasteiger partial charge in [-0.15, -0.1) is 0 Å². The summed E-state index contributed by atoms with van der Waals surface area (Å²) in [7, 11) is -2.71. The molecule has 2 heterocycles. The molecular formula is C35H27N3O7S2. The number of fused-ring (bicyclic) bond motifs is 3. The van der Waals surface area contributed by atoms with Gasteiger partial charge in [0.1, 0.15) is 16.4 Å². The highest BCUT2D eigenvalue weighted by Gasteiger charge is 2.32. The van der Waals surface area contributed by atoms with Gasteiger partial charge in [-0.05, 0) is 78.4 Å². The number of nitro groups is 1. The molecule has 0 amide bonds. The number of ether oxygens (including phenoxy) is 1. The van der Waals surface area contributed by atoms with Gasteiger partial charge in [0, 0.05) is 17.2 Å². The summed E-state index contributed by atoms with van der Waals surface area (Å²) in [5, 5.41) is 11.3. The number of benzene rings is 4. The van der Waals surface area contributed by atoms with Crippen molar-refractivity contribution in [1.82, 2.24) is 4.57 Å². The number of methoxy groups -OCH3 is 1. The van der Waals surface area contributed by atoms with E-state index in [0.29, 0.717) is 20.5 Å². The Morgan fingerprint density at radius 3 is 2.43 bits per heavy atom. The number of nitro benzene ring substituents is 1. The molecule has 5 aromatic rings. The smallest absolute Gasteiger partial charge is 0.339 e. The normalized spacial score (nSPS) is 15.7. The van der Waals surface area contributed by atoms with Crippen LogP contribution in [-0.4, -0.2) is 25.0 Å². The fourth-order valence-corrected chi connectivity index (χ4v) is 7.95. The first-order valence-electron chi connectivity index (χ1n) is 14.7. The molecule has 10 nitrogen and oxygen atoms in total. The minimum atomic E-state index is -4.33. The first-order chi connectivity index (χ1) is 22.6. The Morgan fingerprint density at radius 2 is 1.70 bits per heavy atom. The van der Waals surface area contributed by atoms with Crippen molar-refractivity contribution in [1.29, 1.82) is 0 Å². The highest BCUT2D eigenvalue weighted by Crippen LogP contribution is 2.41. The number of aryl methyl sites for hydroxylation is 2. The van der Waals surface area contributed by atoms with Crippen molar-refractivity contribution in [3.05, 3.63) is 154 Å². The molecule has 0 bridgehead atoms. The van der Waals surface area contributed by atoms with Crippen LogP contribution in [0, 0.1) is 17.0 Å². The zero-order valence-electron chi connectivity index (χ0n) is 25.2. The van der Waals surface area contributed by atoms with Crippen LogP contribution < -0.4 is 23.8 Å². The largest absolute Gasteiger partial charge is 0.497 e. The summed E-state index contributed by atoms with van der Waals surface area (Å²) in [5.41, 5.74) is 5.77. The molecule has 0 spiro atoms. The third-order valence-electron chi connectivity index (χ3n) is 8.35. The molecule has 1 aliphatic heterocycles. The molecule has 7 rings (SSSR count). The van der Waals surface area contributed by atoms with E-state index in [1.165, 1.54) is 48.1 Å². The van der Waals surface area contributed by atoms with E-state index in [-0.39, 0.29) is 27.9 Å². The molecule has 1 aromatic heterocycles. The molecule has 0 unspecified atom stereocenters. The van der Waals surface area contributed by atoms with Crippen molar-refractivity contribution in [2.75, 3.05) is 7.11 Å². The van der Waals surface area contributed by atoms with Gasteiger partial charge in [0.25, 0.3) is 11.2 Å². The minimum Gasteiger partial charge on any atom is -0.497 e. The molecule has 0 fully saturated rings. The maximum atomic E-state index is 14.0. The van der Waals surface area contributed by atoms with Gasteiger partial charge >= 0.3 is 10.1 Å². The SMILES string of the molecule is COc1ccc([C@@H]2C3=C(N=c4s/c(=C\c5ccc(OS(=O)(=O)c6ccc(C)c([N+](=O)[O-])c6)cc5)c(=O)n42)c2ccccc2CC3)cc1. The van der Waals surface area contributed by atoms with Crippen LogP contribution in [0.4, 0.5) is 5.69 Å². The molecule has 0 saturated heterocycles. The summed E-state index contributed by atoms with van der Waals surface area (Å²) < 4.78 is 38.6. The number of nitrogens with zero attached hydrogens (tertiary/aromatic N) is 3. The summed E-state index contributed by atoms with van der Waals surface area (Å²) in [5.74, 6) is 0.752. The number of hydrogen-bond donors (Lipinski definition) is 0. The molecule has 47 heavy (non-hydrogen) atoms. The second kappa shape index (κ2) is 11.8. The van der Waals surface area contributed by atoms with Crippen molar-refractivity contribution < 1.29 is 22.3 Å². The average Bonchev–Trinajstić information content (AvgIpc) is 3.38. The molecule has 1 atom stereocenters. The number of allylic oxidation sites excluding steroid dienone is 1. The van der Waals surface area contributed by atoms with Gasteiger partial charge in [0.2, 0.25) is 0 Å². The van der Waals surface area contributed by atoms with E-state index in [9.17, 15) is 23.3 Å². The van der Waals surface area contributed by atoms with E-state index in [1.54, 1.807) is 29.9 Å². The Labute approximate surface area is 273 Å². The van der Waals surface area contributed by atoms with E-state index in [4.69, 9.17) is 13.9 Å². The van der Waals surface area contributed by atoms with E-state index < -0.39 is 15.0 Å². The lowest BCUT2D eigenvalue weighted by Gasteiger charge is -2.30. The number of aromatic nitrogens is 1. The Morgan fingerprint density at radius 1 is 0.979 bits per heavy atom. The van der Waals surface area contributed by atoms with Crippen LogP contribution in [0.5, 0.6) is 11.5 Å². The first-order valence-corrected chi connectivity index (χ1v) is 16.9. The van der Waals surface area contributed by atoms with Gasteiger partial charge in [-0.1, -0.05) is 65.9 Å². The summed E-state index contributed by atoms with van der Waals surface area (Å²) in [6.07, 6.45) is 3.37. The lowest BCUT2D eigenvalue weighted by atomic mass is 9.83. The van der Waals surface area contributed by atoms with E-state index in [1.807, 2.05) is 36.4 Å². The van der Waals surface area contributed by atoms with Crippen molar-refractivity contribution in [2.45, 2.75) is 30.7 Å². The lowest BCUT2D eigenvalue weighted by Crippen LogP contribution is -2.38. The molecule has 0 N–H and O–H groups in total. The second-order valence-corrected chi connectivity index (χ2v) is 13.8. The first kappa shape index (κ1) is 30.3. The van der Waals surface area contributed by atoms with E-state index in [2.05, 4.69) is 12.1 Å². The van der Waals surface area contributed by atoms with Crippen LogP contribution in [0.2, 0.25) is 0 Å². The maximum absolute atomic E-state index is 14.0. The predicted molar refractivity (Wildman–Crippen MR) is 178 cm³/mol. The third kappa shape index (κ3) is 5.55. The van der Waals surface area contributed by atoms with Crippen LogP contribution in [0.25, 0.3) is 11.8 Å². The Hall–Kier alpha value is -5.33. The highest BCUT2D eigenvalue weighted by atomic mass is 32.2. The molecule has 1 aliphatic carbocycles. The minimum absolute atomic E-state index is 0.0256. The molecule has 0 radical (unpaired) electrons. The Balaban J connectivity index is 1.25. The fourth-order valence-electron chi connectivity index (χ4n) is 6.00. The topological polar surface area (TPSA) is 130 Å². The molecular weight excluding hydrogens is 639 g/mol. The van der Waals surface area contributed by atoms with Gasteiger partial charge in [-0.3, -0.25) is 19.5 Å². The quantitative estimate of drug-likeness (QED) is 0.131. The number of rotatable bonds is 7. The van der Waals surface area contributed by atoms with Gasteiger partial charge in [-0.25, -0.2) is 4.99 Å². The molecule has 4 aromatic carbocycles. The van der Waals surface area contributed by atoms with Crippen LogP contribution in [0.1, 0.15) is 40.3 Å². The molecule has 12 heteroatoms. The van der Waals surface area contributed by atoms with Crippen LogP contribution in [0.15, 0.2) is 111 Å². The number of thiazole rings is 1. The average molecular weight is 666 g/mol. The second-order valence-electron chi connectivity index (χ2n) is 11.2. The lowest BCUT2D eigenvalue weighted by molar-refractivity contribution is -0.385. The summed E-state index contributed by atoms with van der Waals surface area (Å²) in [6.45, 7) is 1.53. The third-order valence-corrected chi connectivity index (χ3v) is 10.6. The Bertz CT molecular complexity index is 2390. The summed E-state index contributed by atoms with van der Waals surface area (Å²) >= 11 is 1.30. The van der Waals surface area contributed by atoms with Gasteiger partial charge in [-0.2, -0.15) is 8.42 Å². The molecule has 0 saturated carbocycles.